The molecule has 0 unspecified atom stereocenters. The van der Waals surface area contributed by atoms with E-state index in [0.717, 1.165) is 22.0 Å². The van der Waals surface area contributed by atoms with Crippen LogP contribution in [-0.4, -0.2) is 25.9 Å². The van der Waals surface area contributed by atoms with Gasteiger partial charge in [0.2, 0.25) is 0 Å². The second-order valence-electron chi connectivity index (χ2n) is 5.65. The van der Waals surface area contributed by atoms with E-state index in [0.29, 0.717) is 24.6 Å². The van der Waals surface area contributed by atoms with E-state index in [2.05, 4.69) is 4.98 Å². The molecule has 2 aromatic rings. The minimum Gasteiger partial charge on any atom is -0.266 e. The van der Waals surface area contributed by atoms with Crippen LogP contribution in [0.4, 0.5) is 18.9 Å². The summed E-state index contributed by atoms with van der Waals surface area (Å²) in [4.78, 5) is 15.3. The molecular weight excluding hydrogens is 371 g/mol. The number of fused-ring (bicyclic) bond motifs is 1. The molecule has 1 N–H and O–H groups in total. The van der Waals surface area contributed by atoms with Crippen molar-refractivity contribution in [2.75, 3.05) is 10.8 Å². The van der Waals surface area contributed by atoms with E-state index in [9.17, 15) is 26.4 Å². The van der Waals surface area contributed by atoms with Crippen LogP contribution in [0.5, 0.6) is 0 Å². The Bertz CT molecular complexity index is 945. The number of aromatic nitrogens is 1. The van der Waals surface area contributed by atoms with Gasteiger partial charge in [-0.25, -0.2) is 9.71 Å². The zero-order chi connectivity index (χ0) is 18.9. The maximum absolute atomic E-state index is 12.7. The third-order valence-corrected chi connectivity index (χ3v) is 5.25. The summed E-state index contributed by atoms with van der Waals surface area (Å²) >= 11 is 0. The van der Waals surface area contributed by atoms with E-state index >= 15 is 0 Å². The Balaban J connectivity index is 1.86. The first kappa shape index (κ1) is 18.2. The van der Waals surface area contributed by atoms with E-state index in [1.165, 1.54) is 0 Å². The Morgan fingerprint density at radius 2 is 1.85 bits per heavy atom. The van der Waals surface area contributed by atoms with Crippen molar-refractivity contribution in [2.45, 2.75) is 19.0 Å². The lowest BCUT2D eigenvalue weighted by molar-refractivity contribution is -0.141. The maximum Gasteiger partial charge on any atom is 0.433 e. The number of nitrogens with one attached hydrogen (secondary N) is 1. The monoisotopic (exact) mass is 385 g/mol. The van der Waals surface area contributed by atoms with E-state index in [-0.39, 0.29) is 6.54 Å². The van der Waals surface area contributed by atoms with Gasteiger partial charge in [0, 0.05) is 6.54 Å². The van der Waals surface area contributed by atoms with Gasteiger partial charge in [-0.2, -0.15) is 21.6 Å². The number of alkyl halides is 3. The molecule has 0 radical (unpaired) electrons. The van der Waals surface area contributed by atoms with Crippen molar-refractivity contribution >= 4 is 21.8 Å². The van der Waals surface area contributed by atoms with Gasteiger partial charge in [0.05, 0.1) is 5.69 Å². The largest absolute Gasteiger partial charge is 0.433 e. The van der Waals surface area contributed by atoms with Crippen molar-refractivity contribution in [3.05, 3.63) is 59.4 Å². The van der Waals surface area contributed by atoms with Crippen molar-refractivity contribution < 1.29 is 26.4 Å². The predicted octanol–water partition coefficient (Wildman–Crippen LogP) is 2.53. The number of hydrogen-bond donors (Lipinski definition) is 1. The fourth-order valence-electron chi connectivity index (χ4n) is 2.69. The van der Waals surface area contributed by atoms with Gasteiger partial charge < -0.3 is 0 Å². The van der Waals surface area contributed by atoms with Crippen LogP contribution >= 0.6 is 0 Å². The number of anilines is 1. The van der Waals surface area contributed by atoms with Crippen molar-refractivity contribution in [1.82, 2.24) is 9.71 Å². The van der Waals surface area contributed by atoms with Crippen molar-refractivity contribution in [1.29, 1.82) is 0 Å². The van der Waals surface area contributed by atoms with Crippen LogP contribution in [0.2, 0.25) is 0 Å². The number of nitrogens with zero attached hydrogens (tertiary/aromatic N) is 2. The number of aryl methyl sites for hydroxylation is 1. The van der Waals surface area contributed by atoms with Crippen LogP contribution < -0.4 is 9.03 Å². The molecule has 3 rings (SSSR count). The average Bonchev–Trinajstić information content (AvgIpc) is 2.60. The van der Waals surface area contributed by atoms with Crippen LogP contribution in [0.15, 0.2) is 42.5 Å². The van der Waals surface area contributed by atoms with Gasteiger partial charge in [0.1, 0.15) is 11.4 Å². The van der Waals surface area contributed by atoms with Gasteiger partial charge in [0.25, 0.3) is 5.91 Å². The summed E-state index contributed by atoms with van der Waals surface area (Å²) < 4.78 is 66.1. The fraction of sp³-hybridized carbons (Fsp3) is 0.250. The van der Waals surface area contributed by atoms with E-state index in [4.69, 9.17) is 0 Å². The molecule has 0 bridgehead atoms. The second-order valence-corrected chi connectivity index (χ2v) is 7.24. The Hall–Kier alpha value is -2.62. The number of rotatable bonds is 3. The number of para-hydroxylation sites is 1. The van der Waals surface area contributed by atoms with Gasteiger partial charge in [-0.15, -0.1) is 0 Å². The van der Waals surface area contributed by atoms with Crippen LogP contribution in [-0.2, 0) is 22.8 Å². The molecule has 26 heavy (non-hydrogen) atoms. The molecule has 0 atom stereocenters. The molecule has 0 spiro atoms. The molecule has 2 heterocycles. The summed E-state index contributed by atoms with van der Waals surface area (Å²) in [5.74, 6) is -1.22. The molecule has 1 aliphatic heterocycles. The molecule has 1 aliphatic rings. The number of pyridine rings is 1. The number of carbonyl (C=O) groups is 1. The van der Waals surface area contributed by atoms with E-state index < -0.39 is 33.7 Å². The lowest BCUT2D eigenvalue weighted by Crippen LogP contribution is -2.46. The normalized spacial score (nSPS) is 14.7. The first-order valence-electron chi connectivity index (χ1n) is 7.65. The molecule has 0 saturated heterocycles. The number of hydrogen-bond acceptors (Lipinski definition) is 4. The second kappa shape index (κ2) is 6.60. The summed E-state index contributed by atoms with van der Waals surface area (Å²) in [5.41, 5.74) is -0.649. The van der Waals surface area contributed by atoms with Gasteiger partial charge in [-0.3, -0.25) is 9.10 Å². The Morgan fingerprint density at radius 3 is 2.58 bits per heavy atom. The minimum absolute atomic E-state index is 0.162. The molecule has 0 saturated carbocycles. The number of amides is 1. The predicted molar refractivity (Wildman–Crippen MR) is 87.7 cm³/mol. The van der Waals surface area contributed by atoms with Gasteiger partial charge in [-0.1, -0.05) is 24.3 Å². The zero-order valence-electron chi connectivity index (χ0n) is 13.3. The fourth-order valence-corrected chi connectivity index (χ4v) is 3.95. The molecule has 0 aliphatic carbocycles. The Kier molecular flexibility index (Phi) is 4.61. The number of carbonyl (C=O) groups excluding carboxylic acids is 1. The molecule has 0 fully saturated rings. The lowest BCUT2D eigenvalue weighted by atomic mass is 10.0. The van der Waals surface area contributed by atoms with Gasteiger partial charge in [-0.05, 0) is 36.6 Å². The van der Waals surface area contributed by atoms with Crippen molar-refractivity contribution in [3.8, 4) is 0 Å². The molecule has 1 amide bonds. The van der Waals surface area contributed by atoms with Crippen LogP contribution in [0, 0.1) is 0 Å². The third kappa shape index (κ3) is 3.64. The lowest BCUT2D eigenvalue weighted by Gasteiger charge is -2.30. The molecule has 1 aromatic carbocycles. The van der Waals surface area contributed by atoms with E-state index in [1.807, 2.05) is 0 Å². The third-order valence-electron chi connectivity index (χ3n) is 3.85. The first-order valence-corrected chi connectivity index (χ1v) is 9.09. The summed E-state index contributed by atoms with van der Waals surface area (Å²) in [7, 11) is -4.28. The highest BCUT2D eigenvalue weighted by molar-refractivity contribution is 7.91. The maximum atomic E-state index is 12.7. The van der Waals surface area contributed by atoms with E-state index in [1.54, 1.807) is 29.0 Å². The highest BCUT2D eigenvalue weighted by atomic mass is 32.2. The van der Waals surface area contributed by atoms with Gasteiger partial charge >= 0.3 is 16.4 Å². The first-order chi connectivity index (χ1) is 12.2. The molecule has 6 nitrogen and oxygen atoms in total. The topological polar surface area (TPSA) is 79.4 Å². The highest BCUT2D eigenvalue weighted by Gasteiger charge is 2.34. The molecule has 138 valence electrons. The van der Waals surface area contributed by atoms with Crippen molar-refractivity contribution in [3.63, 3.8) is 0 Å². The number of halogens is 3. The minimum atomic E-state index is -4.74. The molecule has 10 heteroatoms. The Morgan fingerprint density at radius 1 is 1.12 bits per heavy atom. The highest BCUT2D eigenvalue weighted by Crippen LogP contribution is 2.29. The molecule has 1 aromatic heterocycles. The summed E-state index contributed by atoms with van der Waals surface area (Å²) in [6, 6.07) is 9.56. The van der Waals surface area contributed by atoms with Crippen LogP contribution in [0.1, 0.15) is 28.2 Å². The zero-order valence-corrected chi connectivity index (χ0v) is 14.1. The van der Waals surface area contributed by atoms with Crippen LogP contribution in [0.3, 0.4) is 0 Å². The summed E-state index contributed by atoms with van der Waals surface area (Å²) in [5, 5.41) is 0. The van der Waals surface area contributed by atoms with Gasteiger partial charge in [0.15, 0.2) is 0 Å². The quantitative estimate of drug-likeness (QED) is 0.881. The standard InChI is InChI=1S/C16H14F3N3O3S/c17-16(18,19)14-9-3-7-12(20-14)15(23)21-26(24,25)22-10-4-6-11-5-1-2-8-13(11)22/h1-3,5,7-9H,4,6,10H2,(H,21,23). The number of benzene rings is 1. The molecular formula is C16H14F3N3O3S. The summed E-state index contributed by atoms with van der Waals surface area (Å²) in [6.45, 7) is 0.162. The Labute approximate surface area is 147 Å². The summed E-state index contributed by atoms with van der Waals surface area (Å²) in [6.07, 6.45) is -3.47. The average molecular weight is 385 g/mol. The van der Waals surface area contributed by atoms with Crippen molar-refractivity contribution in [2.24, 2.45) is 0 Å². The SMILES string of the molecule is O=C(NS(=O)(=O)N1CCCc2ccccc21)c1cccc(C(F)(F)F)n1. The van der Waals surface area contributed by atoms with Crippen LogP contribution in [0.25, 0.3) is 0 Å². The smallest absolute Gasteiger partial charge is 0.266 e.